The summed E-state index contributed by atoms with van der Waals surface area (Å²) in [5.41, 5.74) is 1.69. The van der Waals surface area contributed by atoms with Crippen LogP contribution in [0.25, 0.3) is 11.0 Å². The van der Waals surface area contributed by atoms with E-state index in [0.717, 1.165) is 5.56 Å². The van der Waals surface area contributed by atoms with E-state index in [0.29, 0.717) is 29.1 Å². The highest BCUT2D eigenvalue weighted by molar-refractivity contribution is 6.00. The first-order valence-electron chi connectivity index (χ1n) is 14.3. The van der Waals surface area contributed by atoms with Crippen LogP contribution in [0.3, 0.4) is 0 Å². The van der Waals surface area contributed by atoms with Crippen molar-refractivity contribution in [2.24, 2.45) is 12.5 Å². The van der Waals surface area contributed by atoms with Gasteiger partial charge in [-0.3, -0.25) is 24.0 Å². The van der Waals surface area contributed by atoms with Crippen LogP contribution in [0.5, 0.6) is 17.5 Å². The van der Waals surface area contributed by atoms with Gasteiger partial charge < -0.3 is 24.1 Å². The highest BCUT2D eigenvalue weighted by Crippen LogP contribution is 2.34. The number of hydrogen-bond acceptors (Lipinski definition) is 8. The number of morpholine rings is 1. The molecule has 0 radical (unpaired) electrons. The van der Waals surface area contributed by atoms with Crippen molar-refractivity contribution >= 4 is 28.9 Å². The quantitative estimate of drug-likeness (QED) is 0.386. The minimum absolute atomic E-state index is 0.135. The third kappa shape index (κ3) is 6.24. The van der Waals surface area contributed by atoms with E-state index in [1.807, 2.05) is 45.0 Å². The highest BCUT2D eigenvalue weighted by atomic mass is 16.5. The number of amides is 3. The first-order valence-corrected chi connectivity index (χ1v) is 14.3. The lowest BCUT2D eigenvalue weighted by Gasteiger charge is -2.46. The fourth-order valence-electron chi connectivity index (χ4n) is 5.84. The SMILES string of the molecule is COc1ccc(CN2C(=O)CC[C@@H](Oc3nc4cccc(OC[C@@H]5OCCN(C(=O)O)[C@@H]5C(C)(C)C)c4n3C)C2=O)cc1. The molecule has 0 spiro atoms. The number of ether oxygens (including phenoxy) is 4. The van der Waals surface area contributed by atoms with Crippen LogP contribution < -0.4 is 14.2 Å². The van der Waals surface area contributed by atoms with E-state index >= 15 is 0 Å². The summed E-state index contributed by atoms with van der Waals surface area (Å²) in [4.78, 5) is 45.2. The summed E-state index contributed by atoms with van der Waals surface area (Å²) < 4.78 is 25.3. The standard InChI is InChI=1S/C31H38N4O8/c1-31(2,3)27-24(41-16-15-34(27)30(38)39)18-42-22-8-6-7-21-26(22)33(4)29(32-21)43-23-13-14-25(36)35(28(23)37)17-19-9-11-20(40-5)12-10-19/h6-12,23-24,27H,13-18H2,1-5H3,(H,38,39)/t23-,24+,27+/m1/s1. The Morgan fingerprint density at radius 2 is 1.88 bits per heavy atom. The summed E-state index contributed by atoms with van der Waals surface area (Å²) in [7, 11) is 3.35. The Balaban J connectivity index is 1.32. The molecule has 43 heavy (non-hydrogen) atoms. The number of para-hydroxylation sites is 1. The largest absolute Gasteiger partial charge is 0.497 e. The van der Waals surface area contributed by atoms with Crippen molar-refractivity contribution in [3.63, 3.8) is 0 Å². The topological polar surface area (TPSA) is 133 Å². The zero-order valence-corrected chi connectivity index (χ0v) is 25.1. The maximum absolute atomic E-state index is 13.4. The summed E-state index contributed by atoms with van der Waals surface area (Å²) in [6.07, 6.45) is -1.91. The average Bonchev–Trinajstić information content (AvgIpc) is 3.30. The summed E-state index contributed by atoms with van der Waals surface area (Å²) in [6, 6.07) is 12.5. The van der Waals surface area contributed by atoms with Gasteiger partial charge in [0.1, 0.15) is 29.7 Å². The smallest absolute Gasteiger partial charge is 0.407 e. The van der Waals surface area contributed by atoms with Crippen molar-refractivity contribution in [3.8, 4) is 17.5 Å². The fraction of sp³-hybridized carbons (Fsp3) is 0.484. The number of carbonyl (C=O) groups excluding carboxylic acids is 2. The van der Waals surface area contributed by atoms with Crippen molar-refractivity contribution in [1.29, 1.82) is 0 Å². The Kier molecular flexibility index (Phi) is 8.50. The Morgan fingerprint density at radius 1 is 1.14 bits per heavy atom. The van der Waals surface area contributed by atoms with Crippen LogP contribution in [0.2, 0.25) is 0 Å². The molecule has 0 unspecified atom stereocenters. The molecule has 0 saturated carbocycles. The molecule has 3 atom stereocenters. The molecule has 5 rings (SSSR count). The normalized spacial score (nSPS) is 21.3. The molecule has 0 bridgehead atoms. The zero-order chi connectivity index (χ0) is 30.9. The van der Waals surface area contributed by atoms with Gasteiger partial charge in [-0.25, -0.2) is 4.79 Å². The number of aryl methyl sites for hydroxylation is 1. The molecule has 12 nitrogen and oxygen atoms in total. The first kappa shape index (κ1) is 30.1. The van der Waals surface area contributed by atoms with Crippen molar-refractivity contribution in [3.05, 3.63) is 48.0 Å². The lowest BCUT2D eigenvalue weighted by Crippen LogP contribution is -2.60. The molecule has 1 aromatic heterocycles. The molecule has 2 fully saturated rings. The van der Waals surface area contributed by atoms with Gasteiger partial charge in [0.25, 0.3) is 11.9 Å². The van der Waals surface area contributed by atoms with Gasteiger partial charge in [-0.1, -0.05) is 39.0 Å². The predicted molar refractivity (Wildman–Crippen MR) is 156 cm³/mol. The fourth-order valence-corrected chi connectivity index (χ4v) is 5.84. The minimum atomic E-state index is -0.981. The number of carboxylic acid groups (broad SMARTS) is 1. The van der Waals surface area contributed by atoms with E-state index in [1.165, 1.54) is 9.80 Å². The molecular weight excluding hydrogens is 556 g/mol. The molecule has 12 heteroatoms. The molecule has 2 aliphatic heterocycles. The van der Waals surface area contributed by atoms with Crippen LogP contribution in [-0.2, 0) is 27.9 Å². The van der Waals surface area contributed by atoms with E-state index < -0.39 is 30.3 Å². The number of piperidine rings is 1. The number of hydrogen-bond donors (Lipinski definition) is 1. The van der Waals surface area contributed by atoms with Crippen molar-refractivity contribution in [1.82, 2.24) is 19.4 Å². The Bertz CT molecular complexity index is 1500. The summed E-state index contributed by atoms with van der Waals surface area (Å²) >= 11 is 0. The van der Waals surface area contributed by atoms with Crippen molar-refractivity contribution < 1.29 is 38.4 Å². The Hall–Kier alpha value is -4.32. The lowest BCUT2D eigenvalue weighted by molar-refractivity contribution is -0.155. The van der Waals surface area contributed by atoms with E-state index in [9.17, 15) is 19.5 Å². The molecule has 2 saturated heterocycles. The number of likely N-dealkylation sites (tertiary alicyclic amines) is 1. The van der Waals surface area contributed by atoms with Crippen LogP contribution in [-0.4, -0.2) is 87.5 Å². The van der Waals surface area contributed by atoms with Gasteiger partial charge in [-0.05, 0) is 35.2 Å². The summed E-state index contributed by atoms with van der Waals surface area (Å²) in [6.45, 7) is 6.82. The number of imidazole rings is 1. The third-order valence-electron chi connectivity index (χ3n) is 7.91. The lowest BCUT2D eigenvalue weighted by atomic mass is 9.81. The Morgan fingerprint density at radius 3 is 2.56 bits per heavy atom. The van der Waals surface area contributed by atoms with Gasteiger partial charge in [0.2, 0.25) is 5.91 Å². The molecule has 2 aromatic carbocycles. The van der Waals surface area contributed by atoms with Gasteiger partial charge in [0.15, 0.2) is 6.10 Å². The molecular formula is C31H38N4O8. The number of aromatic nitrogens is 2. The van der Waals surface area contributed by atoms with E-state index in [4.69, 9.17) is 18.9 Å². The second kappa shape index (κ2) is 12.1. The number of fused-ring (bicyclic) bond motifs is 1. The van der Waals surface area contributed by atoms with Crippen LogP contribution in [0, 0.1) is 5.41 Å². The molecule has 3 heterocycles. The Labute approximate surface area is 250 Å². The number of rotatable bonds is 8. The number of imide groups is 1. The highest BCUT2D eigenvalue weighted by Gasteiger charge is 2.43. The van der Waals surface area contributed by atoms with Crippen LogP contribution >= 0.6 is 0 Å². The van der Waals surface area contributed by atoms with Gasteiger partial charge in [-0.2, -0.15) is 4.98 Å². The maximum atomic E-state index is 13.4. The second-order valence-electron chi connectivity index (χ2n) is 11.9. The predicted octanol–water partition coefficient (Wildman–Crippen LogP) is 3.85. The molecule has 3 amide bonds. The van der Waals surface area contributed by atoms with Crippen LogP contribution in [0.15, 0.2) is 42.5 Å². The van der Waals surface area contributed by atoms with Gasteiger partial charge >= 0.3 is 6.09 Å². The maximum Gasteiger partial charge on any atom is 0.407 e. The van der Waals surface area contributed by atoms with Gasteiger partial charge in [-0.15, -0.1) is 0 Å². The third-order valence-corrected chi connectivity index (χ3v) is 7.91. The number of benzene rings is 2. The summed E-state index contributed by atoms with van der Waals surface area (Å²) in [5.74, 6) is 0.550. The van der Waals surface area contributed by atoms with Crippen LogP contribution in [0.4, 0.5) is 4.79 Å². The van der Waals surface area contributed by atoms with Crippen molar-refractivity contribution in [2.75, 3.05) is 26.9 Å². The monoisotopic (exact) mass is 594 g/mol. The van der Waals surface area contributed by atoms with Gasteiger partial charge in [0, 0.05) is 26.4 Å². The molecule has 1 N–H and O–H groups in total. The minimum Gasteiger partial charge on any atom is -0.497 e. The number of carbonyl (C=O) groups is 3. The van der Waals surface area contributed by atoms with E-state index in [1.54, 1.807) is 36.9 Å². The first-order chi connectivity index (χ1) is 20.5. The second-order valence-corrected chi connectivity index (χ2v) is 11.9. The molecule has 2 aliphatic rings. The van der Waals surface area contributed by atoms with Crippen LogP contribution in [0.1, 0.15) is 39.2 Å². The average molecular weight is 595 g/mol. The zero-order valence-electron chi connectivity index (χ0n) is 25.1. The molecule has 3 aromatic rings. The number of methoxy groups -OCH3 is 1. The molecule has 0 aliphatic carbocycles. The number of nitrogens with zero attached hydrogens (tertiary/aromatic N) is 4. The molecule has 230 valence electrons. The van der Waals surface area contributed by atoms with E-state index in [-0.39, 0.29) is 49.9 Å². The van der Waals surface area contributed by atoms with E-state index in [2.05, 4.69) is 4.98 Å². The summed E-state index contributed by atoms with van der Waals surface area (Å²) in [5, 5.41) is 9.79. The van der Waals surface area contributed by atoms with Gasteiger partial charge in [0.05, 0.1) is 31.8 Å². The van der Waals surface area contributed by atoms with Crippen molar-refractivity contribution in [2.45, 2.75) is 58.4 Å².